The second-order valence-corrected chi connectivity index (χ2v) is 8.39. The van der Waals surface area contributed by atoms with Gasteiger partial charge in [-0.2, -0.15) is 0 Å². The van der Waals surface area contributed by atoms with Gasteiger partial charge in [-0.1, -0.05) is 0 Å². The first kappa shape index (κ1) is 24.5. The molecule has 9 nitrogen and oxygen atoms in total. The number of ether oxygens (including phenoxy) is 4. The number of hydrogen-bond acceptors (Lipinski definition) is 7. The summed E-state index contributed by atoms with van der Waals surface area (Å²) in [5.74, 6) is -0.460. The van der Waals surface area contributed by atoms with Crippen LogP contribution < -0.4 is 5.32 Å². The predicted molar refractivity (Wildman–Crippen MR) is 114 cm³/mol. The molecule has 1 saturated heterocycles. The molecule has 2 rings (SSSR count). The van der Waals surface area contributed by atoms with Crippen molar-refractivity contribution in [2.75, 3.05) is 32.2 Å². The maximum absolute atomic E-state index is 12.8. The van der Waals surface area contributed by atoms with E-state index in [1.807, 2.05) is 20.8 Å². The lowest BCUT2D eigenvalue weighted by Crippen LogP contribution is -2.49. The van der Waals surface area contributed by atoms with Crippen molar-refractivity contribution in [3.8, 4) is 0 Å². The van der Waals surface area contributed by atoms with Crippen LogP contribution >= 0.6 is 0 Å². The average Bonchev–Trinajstić information content (AvgIpc) is 2.71. The maximum atomic E-state index is 12.8. The molecule has 1 fully saturated rings. The Morgan fingerprint density at radius 2 is 1.77 bits per heavy atom. The quantitative estimate of drug-likeness (QED) is 0.534. The highest BCUT2D eigenvalue weighted by Crippen LogP contribution is 2.20. The number of nitrogens with zero attached hydrogens (tertiary/aromatic N) is 1. The first-order chi connectivity index (χ1) is 14.6. The van der Waals surface area contributed by atoms with Crippen molar-refractivity contribution in [2.24, 2.45) is 0 Å². The van der Waals surface area contributed by atoms with Crippen LogP contribution in [0.25, 0.3) is 0 Å². The van der Waals surface area contributed by atoms with E-state index < -0.39 is 29.9 Å². The third kappa shape index (κ3) is 8.09. The highest BCUT2D eigenvalue weighted by molar-refractivity contribution is 5.91. The second-order valence-electron chi connectivity index (χ2n) is 8.39. The van der Waals surface area contributed by atoms with E-state index in [0.29, 0.717) is 37.3 Å². The lowest BCUT2D eigenvalue weighted by Gasteiger charge is -2.36. The van der Waals surface area contributed by atoms with E-state index in [1.54, 1.807) is 36.1 Å². The van der Waals surface area contributed by atoms with Gasteiger partial charge in [-0.15, -0.1) is 0 Å². The standard InChI is InChI=1S/C22H32N2O7/c1-15(30-20(26)23-17-8-6-16(7-9-17)19(25)28-5)14-24(18-10-12-29-13-11-18)21(27)31-22(2,3)4/h6-9,15,18H,10-14H2,1-5H3,(H,23,26). The number of esters is 1. The molecule has 1 N–H and O–H groups in total. The Hall–Kier alpha value is -2.81. The topological polar surface area (TPSA) is 103 Å². The number of methoxy groups -OCH3 is 1. The zero-order chi connectivity index (χ0) is 23.0. The summed E-state index contributed by atoms with van der Waals surface area (Å²) in [6, 6.07) is 6.20. The number of anilines is 1. The lowest BCUT2D eigenvalue weighted by molar-refractivity contribution is -0.0173. The molecule has 1 aliphatic heterocycles. The summed E-state index contributed by atoms with van der Waals surface area (Å²) in [6.07, 6.45) is -0.261. The second kappa shape index (κ2) is 11.0. The minimum absolute atomic E-state index is 0.0384. The van der Waals surface area contributed by atoms with Crippen molar-refractivity contribution >= 4 is 23.8 Å². The molecule has 31 heavy (non-hydrogen) atoms. The zero-order valence-corrected chi connectivity index (χ0v) is 18.8. The molecule has 0 bridgehead atoms. The van der Waals surface area contributed by atoms with Crippen LogP contribution in [-0.2, 0) is 18.9 Å². The van der Waals surface area contributed by atoms with Crippen LogP contribution in [0.2, 0.25) is 0 Å². The van der Waals surface area contributed by atoms with Crippen LogP contribution in [0.4, 0.5) is 15.3 Å². The number of carbonyl (C=O) groups is 3. The van der Waals surface area contributed by atoms with Gasteiger partial charge in [0.25, 0.3) is 0 Å². The van der Waals surface area contributed by atoms with Gasteiger partial charge in [-0.25, -0.2) is 14.4 Å². The third-order valence-electron chi connectivity index (χ3n) is 4.57. The lowest BCUT2D eigenvalue weighted by atomic mass is 10.1. The van der Waals surface area contributed by atoms with Crippen LogP contribution in [0.3, 0.4) is 0 Å². The number of carbonyl (C=O) groups excluding carboxylic acids is 3. The van der Waals surface area contributed by atoms with Crippen LogP contribution in [-0.4, -0.2) is 67.7 Å². The Kier molecular flexibility index (Phi) is 8.67. The molecule has 9 heteroatoms. The summed E-state index contributed by atoms with van der Waals surface area (Å²) in [5.41, 5.74) is 0.218. The smallest absolute Gasteiger partial charge is 0.411 e. The molecule has 172 valence electrons. The molecule has 1 aliphatic rings. The van der Waals surface area contributed by atoms with E-state index in [9.17, 15) is 14.4 Å². The predicted octanol–water partition coefficient (Wildman–Crippen LogP) is 3.83. The van der Waals surface area contributed by atoms with Crippen molar-refractivity contribution in [3.05, 3.63) is 29.8 Å². The van der Waals surface area contributed by atoms with Gasteiger partial charge in [-0.3, -0.25) is 5.32 Å². The van der Waals surface area contributed by atoms with E-state index in [1.165, 1.54) is 7.11 Å². The minimum atomic E-state index is -0.658. The van der Waals surface area contributed by atoms with Crippen molar-refractivity contribution in [1.29, 1.82) is 0 Å². The minimum Gasteiger partial charge on any atom is -0.465 e. The van der Waals surface area contributed by atoms with Crippen LogP contribution in [0.5, 0.6) is 0 Å². The fraction of sp³-hybridized carbons (Fsp3) is 0.591. The van der Waals surface area contributed by atoms with Crippen molar-refractivity contribution in [1.82, 2.24) is 4.90 Å². The summed E-state index contributed by atoms with van der Waals surface area (Å²) in [5, 5.41) is 2.61. The first-order valence-electron chi connectivity index (χ1n) is 10.3. The van der Waals surface area contributed by atoms with Crippen molar-refractivity contribution in [3.63, 3.8) is 0 Å². The van der Waals surface area contributed by atoms with Gasteiger partial charge in [0.1, 0.15) is 11.7 Å². The first-order valence-corrected chi connectivity index (χ1v) is 10.3. The van der Waals surface area contributed by atoms with Crippen molar-refractivity contribution < 1.29 is 33.3 Å². The molecule has 1 unspecified atom stereocenters. The molecule has 0 spiro atoms. The summed E-state index contributed by atoms with van der Waals surface area (Å²) < 4.78 is 21.0. The van der Waals surface area contributed by atoms with Crippen LogP contribution in [0.1, 0.15) is 50.9 Å². The highest BCUT2D eigenvalue weighted by Gasteiger charge is 2.31. The largest absolute Gasteiger partial charge is 0.465 e. The van der Waals surface area contributed by atoms with Gasteiger partial charge in [0.15, 0.2) is 0 Å². The monoisotopic (exact) mass is 436 g/mol. The number of nitrogens with one attached hydrogen (secondary N) is 1. The van der Waals surface area contributed by atoms with E-state index in [-0.39, 0.29) is 12.6 Å². The number of benzene rings is 1. The van der Waals surface area contributed by atoms with Crippen LogP contribution in [0, 0.1) is 0 Å². The number of hydrogen-bond donors (Lipinski definition) is 1. The average molecular weight is 437 g/mol. The van der Waals surface area contributed by atoms with Gasteiger partial charge in [0, 0.05) is 24.9 Å². The summed E-state index contributed by atoms with van der Waals surface area (Å²) in [7, 11) is 1.30. The molecule has 0 radical (unpaired) electrons. The Morgan fingerprint density at radius 3 is 2.32 bits per heavy atom. The SMILES string of the molecule is COC(=O)c1ccc(NC(=O)OC(C)CN(C(=O)OC(C)(C)C)C2CCOCC2)cc1. The molecule has 1 aromatic rings. The number of rotatable bonds is 6. The molecule has 0 saturated carbocycles. The van der Waals surface area contributed by atoms with E-state index >= 15 is 0 Å². The van der Waals surface area contributed by atoms with E-state index in [4.69, 9.17) is 14.2 Å². The Labute approximate surface area is 183 Å². The summed E-state index contributed by atoms with van der Waals surface area (Å²) in [6.45, 7) is 8.50. The molecule has 1 heterocycles. The fourth-order valence-corrected chi connectivity index (χ4v) is 3.14. The molecule has 0 aromatic heterocycles. The molecule has 1 atom stereocenters. The molecular formula is C22H32N2O7. The van der Waals surface area contributed by atoms with Gasteiger partial charge in [0.05, 0.1) is 19.2 Å². The fourth-order valence-electron chi connectivity index (χ4n) is 3.14. The summed E-state index contributed by atoms with van der Waals surface area (Å²) >= 11 is 0. The van der Waals surface area contributed by atoms with Gasteiger partial charge < -0.3 is 23.8 Å². The third-order valence-corrected chi connectivity index (χ3v) is 4.57. The Balaban J connectivity index is 1.95. The number of amides is 2. The zero-order valence-electron chi connectivity index (χ0n) is 18.8. The van der Waals surface area contributed by atoms with Gasteiger partial charge in [-0.05, 0) is 64.8 Å². The van der Waals surface area contributed by atoms with Gasteiger partial charge >= 0.3 is 18.2 Å². The van der Waals surface area contributed by atoms with E-state index in [2.05, 4.69) is 10.1 Å². The molecular weight excluding hydrogens is 404 g/mol. The Morgan fingerprint density at radius 1 is 1.16 bits per heavy atom. The maximum Gasteiger partial charge on any atom is 0.411 e. The molecule has 0 aliphatic carbocycles. The molecule has 1 aromatic carbocycles. The van der Waals surface area contributed by atoms with Gasteiger partial charge in [0.2, 0.25) is 0 Å². The van der Waals surface area contributed by atoms with Crippen molar-refractivity contribution in [2.45, 2.75) is 58.3 Å². The van der Waals surface area contributed by atoms with Crippen LogP contribution in [0.15, 0.2) is 24.3 Å². The summed E-state index contributed by atoms with van der Waals surface area (Å²) in [4.78, 5) is 38.1. The van der Waals surface area contributed by atoms with E-state index in [0.717, 1.165) is 0 Å². The normalized spacial score (nSPS) is 15.5. The Bertz CT molecular complexity index is 752. The molecule has 2 amide bonds. The highest BCUT2D eigenvalue weighted by atomic mass is 16.6.